The maximum Gasteiger partial charge on any atom is 0.314 e. The number of hydrogen-bond donors (Lipinski definition) is 0. The Morgan fingerprint density at radius 2 is 2.08 bits per heavy atom. The molecule has 3 rings (SSSR count). The van der Waals surface area contributed by atoms with Gasteiger partial charge in [0.25, 0.3) is 0 Å². The second-order valence-electron chi connectivity index (χ2n) is 7.32. The van der Waals surface area contributed by atoms with E-state index in [9.17, 15) is 4.79 Å². The van der Waals surface area contributed by atoms with Crippen LogP contribution in [0.4, 0.5) is 0 Å². The van der Waals surface area contributed by atoms with Crippen LogP contribution < -0.4 is 0 Å². The van der Waals surface area contributed by atoms with Gasteiger partial charge < -0.3 is 4.74 Å². The number of hydrogen-bond acceptors (Lipinski definition) is 3. The number of esters is 1. The molecular formula is C22H31NO2. The van der Waals surface area contributed by atoms with Gasteiger partial charge in [-0.3, -0.25) is 9.69 Å². The van der Waals surface area contributed by atoms with E-state index in [2.05, 4.69) is 36.1 Å². The summed E-state index contributed by atoms with van der Waals surface area (Å²) in [5, 5.41) is 0. The zero-order chi connectivity index (χ0) is 17.5. The second kappa shape index (κ2) is 9.19. The molecule has 25 heavy (non-hydrogen) atoms. The van der Waals surface area contributed by atoms with E-state index in [4.69, 9.17) is 4.74 Å². The van der Waals surface area contributed by atoms with E-state index in [1.54, 1.807) is 0 Å². The molecule has 0 N–H and O–H groups in total. The summed E-state index contributed by atoms with van der Waals surface area (Å²) in [6, 6.07) is 10.8. The van der Waals surface area contributed by atoms with Crippen molar-refractivity contribution in [2.24, 2.45) is 5.92 Å². The summed E-state index contributed by atoms with van der Waals surface area (Å²) in [7, 11) is 0. The number of benzene rings is 1. The average molecular weight is 341 g/mol. The molecule has 3 atom stereocenters. The van der Waals surface area contributed by atoms with Gasteiger partial charge in [-0.2, -0.15) is 0 Å². The highest BCUT2D eigenvalue weighted by molar-refractivity contribution is 5.79. The standard InChI is InChI=1S/C22H31NO2/c1-2-20-14-9-15-23(20)16-17-25-22(24)21(18-10-5-3-6-11-18)19-12-7-4-8-13-19/h3,5-7,10-12,19-21H,2,4,8-9,13-17H2,1H3. The maximum atomic E-state index is 12.9. The second-order valence-corrected chi connectivity index (χ2v) is 7.32. The molecule has 0 saturated carbocycles. The third-order valence-electron chi connectivity index (χ3n) is 5.73. The molecule has 0 spiro atoms. The van der Waals surface area contributed by atoms with Crippen molar-refractivity contribution in [2.75, 3.05) is 19.7 Å². The zero-order valence-corrected chi connectivity index (χ0v) is 15.4. The summed E-state index contributed by atoms with van der Waals surface area (Å²) in [5.41, 5.74) is 1.08. The van der Waals surface area contributed by atoms with E-state index in [-0.39, 0.29) is 17.8 Å². The van der Waals surface area contributed by atoms with Crippen LogP contribution in [-0.2, 0) is 9.53 Å². The highest BCUT2D eigenvalue weighted by Crippen LogP contribution is 2.33. The van der Waals surface area contributed by atoms with Crippen LogP contribution >= 0.6 is 0 Å². The molecule has 1 heterocycles. The predicted molar refractivity (Wildman–Crippen MR) is 102 cm³/mol. The van der Waals surface area contributed by atoms with Gasteiger partial charge in [-0.1, -0.05) is 49.4 Å². The molecule has 3 unspecified atom stereocenters. The monoisotopic (exact) mass is 341 g/mol. The summed E-state index contributed by atoms with van der Waals surface area (Å²) in [6.45, 7) is 4.76. The molecule has 0 aromatic heterocycles. The van der Waals surface area contributed by atoms with Gasteiger partial charge in [0.15, 0.2) is 0 Å². The summed E-state index contributed by atoms with van der Waals surface area (Å²) in [6.07, 6.45) is 11.5. The van der Waals surface area contributed by atoms with E-state index in [1.165, 1.54) is 19.3 Å². The third-order valence-corrected chi connectivity index (χ3v) is 5.73. The fourth-order valence-electron chi connectivity index (χ4n) is 4.34. The predicted octanol–water partition coefficient (Wildman–Crippen LogP) is 4.54. The third kappa shape index (κ3) is 4.72. The van der Waals surface area contributed by atoms with Gasteiger partial charge in [-0.05, 0) is 56.6 Å². The molecule has 3 nitrogen and oxygen atoms in total. The van der Waals surface area contributed by atoms with Crippen LogP contribution in [0.25, 0.3) is 0 Å². The minimum absolute atomic E-state index is 0.0602. The van der Waals surface area contributed by atoms with E-state index < -0.39 is 0 Å². The first-order valence-corrected chi connectivity index (χ1v) is 9.92. The quantitative estimate of drug-likeness (QED) is 0.538. The van der Waals surface area contributed by atoms with Crippen molar-refractivity contribution in [3.05, 3.63) is 48.0 Å². The van der Waals surface area contributed by atoms with Crippen LogP contribution in [0, 0.1) is 5.92 Å². The number of likely N-dealkylation sites (tertiary alicyclic amines) is 1. The van der Waals surface area contributed by atoms with Crippen molar-refractivity contribution < 1.29 is 9.53 Å². The Labute approximate surface area is 152 Å². The van der Waals surface area contributed by atoms with Crippen molar-refractivity contribution >= 4 is 5.97 Å². The first-order valence-electron chi connectivity index (χ1n) is 9.92. The molecular weight excluding hydrogens is 310 g/mol. The van der Waals surface area contributed by atoms with Gasteiger partial charge in [0, 0.05) is 12.6 Å². The van der Waals surface area contributed by atoms with Gasteiger partial charge in [0.2, 0.25) is 0 Å². The van der Waals surface area contributed by atoms with Crippen molar-refractivity contribution in [1.29, 1.82) is 0 Å². The number of carbonyl (C=O) groups is 1. The van der Waals surface area contributed by atoms with Gasteiger partial charge in [-0.25, -0.2) is 0 Å². The van der Waals surface area contributed by atoms with Crippen LogP contribution in [0.1, 0.15) is 56.9 Å². The van der Waals surface area contributed by atoms with Crippen molar-refractivity contribution in [1.82, 2.24) is 4.90 Å². The fourth-order valence-corrected chi connectivity index (χ4v) is 4.34. The molecule has 2 aliphatic rings. The molecule has 1 aliphatic carbocycles. The molecule has 3 heteroatoms. The Kier molecular flexibility index (Phi) is 6.69. The minimum Gasteiger partial charge on any atom is -0.464 e. The largest absolute Gasteiger partial charge is 0.464 e. The van der Waals surface area contributed by atoms with E-state index >= 15 is 0 Å². The summed E-state index contributed by atoms with van der Waals surface area (Å²) in [5.74, 6) is 0.0344. The number of rotatable bonds is 7. The first kappa shape index (κ1) is 18.2. The molecule has 136 valence electrons. The molecule has 1 aliphatic heterocycles. The molecule has 1 aromatic rings. The van der Waals surface area contributed by atoms with Gasteiger partial charge >= 0.3 is 5.97 Å². The van der Waals surface area contributed by atoms with Crippen LogP contribution in [0.3, 0.4) is 0 Å². The SMILES string of the molecule is CCC1CCCN1CCOC(=O)C(c1ccccc1)C1C=CCCC1. The Hall–Kier alpha value is -1.61. The first-order chi connectivity index (χ1) is 12.3. The topological polar surface area (TPSA) is 29.5 Å². The lowest BCUT2D eigenvalue weighted by molar-refractivity contribution is -0.147. The minimum atomic E-state index is -0.168. The Morgan fingerprint density at radius 3 is 2.80 bits per heavy atom. The molecule has 1 saturated heterocycles. The van der Waals surface area contributed by atoms with Crippen molar-refractivity contribution in [3.8, 4) is 0 Å². The highest BCUT2D eigenvalue weighted by Gasteiger charge is 2.31. The summed E-state index contributed by atoms with van der Waals surface area (Å²) in [4.78, 5) is 15.4. The lowest BCUT2D eigenvalue weighted by atomic mass is 9.80. The van der Waals surface area contributed by atoms with Gasteiger partial charge in [-0.15, -0.1) is 0 Å². The molecule has 1 fully saturated rings. The van der Waals surface area contributed by atoms with Gasteiger partial charge in [0.05, 0.1) is 5.92 Å². The number of allylic oxidation sites excluding steroid dienone is 2. The lowest BCUT2D eigenvalue weighted by Gasteiger charge is -2.27. The van der Waals surface area contributed by atoms with Crippen LogP contribution in [0.15, 0.2) is 42.5 Å². The molecule has 0 radical (unpaired) electrons. The van der Waals surface area contributed by atoms with Crippen molar-refractivity contribution in [2.45, 2.75) is 57.4 Å². The number of nitrogens with zero attached hydrogens (tertiary/aromatic N) is 1. The van der Waals surface area contributed by atoms with Crippen LogP contribution in [0.5, 0.6) is 0 Å². The molecule has 1 aromatic carbocycles. The fraction of sp³-hybridized carbons (Fsp3) is 0.591. The Bertz CT molecular complexity index is 569. The average Bonchev–Trinajstić information content (AvgIpc) is 3.11. The van der Waals surface area contributed by atoms with Crippen LogP contribution in [0.2, 0.25) is 0 Å². The van der Waals surface area contributed by atoms with Gasteiger partial charge in [0.1, 0.15) is 6.61 Å². The van der Waals surface area contributed by atoms with E-state index in [0.717, 1.165) is 37.9 Å². The number of carbonyl (C=O) groups excluding carboxylic acids is 1. The van der Waals surface area contributed by atoms with E-state index in [1.807, 2.05) is 18.2 Å². The lowest BCUT2D eigenvalue weighted by Crippen LogP contribution is -2.33. The summed E-state index contributed by atoms with van der Waals surface area (Å²) < 4.78 is 5.75. The number of ether oxygens (including phenoxy) is 1. The molecule has 0 amide bonds. The summed E-state index contributed by atoms with van der Waals surface area (Å²) >= 11 is 0. The normalized spacial score (nSPS) is 25.0. The highest BCUT2D eigenvalue weighted by atomic mass is 16.5. The smallest absolute Gasteiger partial charge is 0.314 e. The van der Waals surface area contributed by atoms with Crippen molar-refractivity contribution in [3.63, 3.8) is 0 Å². The zero-order valence-electron chi connectivity index (χ0n) is 15.4. The van der Waals surface area contributed by atoms with Crippen LogP contribution in [-0.4, -0.2) is 36.6 Å². The van der Waals surface area contributed by atoms with E-state index in [0.29, 0.717) is 12.6 Å². The Morgan fingerprint density at radius 1 is 1.24 bits per heavy atom. The Balaban J connectivity index is 1.61. The maximum absolute atomic E-state index is 12.9. The molecule has 0 bridgehead atoms.